The van der Waals surface area contributed by atoms with E-state index in [1.165, 1.54) is 0 Å². The molecular weight excluding hydrogens is 194 g/mol. The van der Waals surface area contributed by atoms with Crippen LogP contribution in [0.15, 0.2) is 24.5 Å². The zero-order valence-electron chi connectivity index (χ0n) is 9.22. The first-order valence-corrected chi connectivity index (χ1v) is 5.18. The predicted octanol–water partition coefficient (Wildman–Crippen LogP) is 1.17. The molecule has 0 amide bonds. The molecule has 1 aromatic heterocycles. The zero-order chi connectivity index (χ0) is 10.8. The summed E-state index contributed by atoms with van der Waals surface area (Å²) in [6.45, 7) is 4.17. The lowest BCUT2D eigenvalue weighted by Crippen LogP contribution is -2.11. The van der Waals surface area contributed by atoms with Crippen molar-refractivity contribution in [1.82, 2.24) is 4.57 Å². The fraction of sp³-hybridized carbons (Fsp3) is 0.636. The van der Waals surface area contributed by atoms with Crippen molar-refractivity contribution >= 4 is 0 Å². The number of methoxy groups -OCH3 is 1. The maximum absolute atomic E-state index is 5.40. The summed E-state index contributed by atoms with van der Waals surface area (Å²) in [6, 6.07) is 4.02. The number of ether oxygens (including phenoxy) is 3. The van der Waals surface area contributed by atoms with Crippen molar-refractivity contribution < 1.29 is 14.2 Å². The molecular formula is C11H19NO3. The Bertz CT molecular complexity index is 224. The van der Waals surface area contributed by atoms with Gasteiger partial charge in [0.15, 0.2) is 0 Å². The molecule has 0 bridgehead atoms. The Morgan fingerprint density at radius 2 is 1.47 bits per heavy atom. The molecule has 0 N–H and O–H groups in total. The van der Waals surface area contributed by atoms with E-state index in [4.69, 9.17) is 14.2 Å². The third-order valence-corrected chi connectivity index (χ3v) is 1.96. The van der Waals surface area contributed by atoms with Crippen LogP contribution in [0.2, 0.25) is 0 Å². The number of nitrogens with zero attached hydrogens (tertiary/aromatic N) is 1. The summed E-state index contributed by atoms with van der Waals surface area (Å²) >= 11 is 0. The summed E-state index contributed by atoms with van der Waals surface area (Å²) in [6.07, 6.45) is 4.05. The van der Waals surface area contributed by atoms with Crippen LogP contribution in [0.25, 0.3) is 0 Å². The van der Waals surface area contributed by atoms with Crippen LogP contribution in [-0.2, 0) is 20.8 Å². The molecule has 0 aliphatic carbocycles. The highest BCUT2D eigenvalue weighted by molar-refractivity contribution is 4.89. The van der Waals surface area contributed by atoms with Crippen molar-refractivity contribution in [1.29, 1.82) is 0 Å². The highest BCUT2D eigenvalue weighted by atomic mass is 16.5. The average molecular weight is 213 g/mol. The van der Waals surface area contributed by atoms with Gasteiger partial charge in [0.2, 0.25) is 0 Å². The van der Waals surface area contributed by atoms with Crippen molar-refractivity contribution in [3.05, 3.63) is 24.5 Å². The van der Waals surface area contributed by atoms with E-state index in [-0.39, 0.29) is 0 Å². The molecule has 0 atom stereocenters. The molecule has 1 rings (SSSR count). The lowest BCUT2D eigenvalue weighted by Gasteiger charge is -2.06. The van der Waals surface area contributed by atoms with E-state index < -0.39 is 0 Å². The first-order chi connectivity index (χ1) is 7.43. The van der Waals surface area contributed by atoms with Gasteiger partial charge in [-0.1, -0.05) is 0 Å². The molecule has 0 aromatic carbocycles. The van der Waals surface area contributed by atoms with Gasteiger partial charge in [0.05, 0.1) is 33.0 Å². The second-order valence-corrected chi connectivity index (χ2v) is 3.14. The summed E-state index contributed by atoms with van der Waals surface area (Å²) < 4.78 is 17.6. The SMILES string of the molecule is COCCOCCOCCn1cccc1. The standard InChI is InChI=1S/C11H19NO3/c1-13-8-9-15-11-10-14-7-6-12-4-2-3-5-12/h2-5H,6-11H2,1H3. The van der Waals surface area contributed by atoms with Crippen molar-refractivity contribution in [3.8, 4) is 0 Å². The largest absolute Gasteiger partial charge is 0.382 e. The lowest BCUT2D eigenvalue weighted by atomic mass is 10.6. The van der Waals surface area contributed by atoms with Crippen LogP contribution >= 0.6 is 0 Å². The van der Waals surface area contributed by atoms with Gasteiger partial charge < -0.3 is 18.8 Å². The second-order valence-electron chi connectivity index (χ2n) is 3.14. The first-order valence-electron chi connectivity index (χ1n) is 5.18. The van der Waals surface area contributed by atoms with E-state index in [9.17, 15) is 0 Å². The number of rotatable bonds is 9. The predicted molar refractivity (Wildman–Crippen MR) is 57.9 cm³/mol. The van der Waals surface area contributed by atoms with E-state index in [1.807, 2.05) is 24.5 Å². The topological polar surface area (TPSA) is 32.6 Å². The summed E-state index contributed by atoms with van der Waals surface area (Å²) in [4.78, 5) is 0. The molecule has 0 unspecified atom stereocenters. The molecule has 1 aromatic rings. The Labute approximate surface area is 90.7 Å². The highest BCUT2D eigenvalue weighted by Gasteiger charge is 1.91. The maximum atomic E-state index is 5.40. The van der Waals surface area contributed by atoms with Gasteiger partial charge in [0.1, 0.15) is 0 Å². The minimum atomic E-state index is 0.634. The van der Waals surface area contributed by atoms with Gasteiger partial charge in [0.25, 0.3) is 0 Å². The summed E-state index contributed by atoms with van der Waals surface area (Å²) in [5.74, 6) is 0. The first kappa shape index (κ1) is 12.2. The fourth-order valence-corrected chi connectivity index (χ4v) is 1.15. The summed E-state index contributed by atoms with van der Waals surface area (Å²) in [5.41, 5.74) is 0. The molecule has 0 saturated carbocycles. The molecule has 0 aliphatic heterocycles. The van der Waals surface area contributed by atoms with Gasteiger partial charge in [0, 0.05) is 26.0 Å². The normalized spacial score (nSPS) is 10.7. The van der Waals surface area contributed by atoms with Gasteiger partial charge in [-0.25, -0.2) is 0 Å². The van der Waals surface area contributed by atoms with Gasteiger partial charge >= 0.3 is 0 Å². The molecule has 0 saturated heterocycles. The van der Waals surface area contributed by atoms with Crippen LogP contribution in [0.3, 0.4) is 0 Å². The Balaban J connectivity index is 1.81. The van der Waals surface area contributed by atoms with Crippen molar-refractivity contribution in [2.45, 2.75) is 6.54 Å². The quantitative estimate of drug-likeness (QED) is 0.577. The van der Waals surface area contributed by atoms with Gasteiger partial charge in [-0.15, -0.1) is 0 Å². The van der Waals surface area contributed by atoms with E-state index >= 15 is 0 Å². The number of hydrogen-bond acceptors (Lipinski definition) is 3. The molecule has 4 heteroatoms. The van der Waals surface area contributed by atoms with Crippen molar-refractivity contribution in [2.24, 2.45) is 0 Å². The van der Waals surface area contributed by atoms with Crippen LogP contribution in [0.4, 0.5) is 0 Å². The Hall–Kier alpha value is -0.840. The molecule has 4 nitrogen and oxygen atoms in total. The summed E-state index contributed by atoms with van der Waals surface area (Å²) in [7, 11) is 1.66. The van der Waals surface area contributed by atoms with Gasteiger partial charge in [-0.05, 0) is 12.1 Å². The van der Waals surface area contributed by atoms with Crippen LogP contribution < -0.4 is 0 Å². The highest BCUT2D eigenvalue weighted by Crippen LogP contribution is 1.90. The Morgan fingerprint density at radius 1 is 0.867 bits per heavy atom. The number of aromatic nitrogens is 1. The van der Waals surface area contributed by atoms with Crippen LogP contribution in [0.5, 0.6) is 0 Å². The van der Waals surface area contributed by atoms with Crippen LogP contribution in [0, 0.1) is 0 Å². The Morgan fingerprint density at radius 3 is 2.13 bits per heavy atom. The summed E-state index contributed by atoms with van der Waals surface area (Å²) in [5, 5.41) is 0. The molecule has 86 valence electrons. The van der Waals surface area contributed by atoms with E-state index in [1.54, 1.807) is 7.11 Å². The average Bonchev–Trinajstić information content (AvgIpc) is 2.75. The molecule has 15 heavy (non-hydrogen) atoms. The van der Waals surface area contributed by atoms with Crippen molar-refractivity contribution in [2.75, 3.05) is 40.1 Å². The molecule has 0 radical (unpaired) electrons. The van der Waals surface area contributed by atoms with Crippen LogP contribution in [-0.4, -0.2) is 44.7 Å². The molecule has 0 fully saturated rings. The van der Waals surface area contributed by atoms with E-state index in [0.29, 0.717) is 26.4 Å². The second kappa shape index (κ2) is 8.47. The van der Waals surface area contributed by atoms with E-state index in [2.05, 4.69) is 4.57 Å². The third-order valence-electron chi connectivity index (χ3n) is 1.96. The van der Waals surface area contributed by atoms with Gasteiger partial charge in [-0.3, -0.25) is 0 Å². The van der Waals surface area contributed by atoms with Crippen molar-refractivity contribution in [3.63, 3.8) is 0 Å². The molecule has 0 spiro atoms. The zero-order valence-corrected chi connectivity index (χ0v) is 9.22. The fourth-order valence-electron chi connectivity index (χ4n) is 1.15. The smallest absolute Gasteiger partial charge is 0.0701 e. The van der Waals surface area contributed by atoms with Gasteiger partial charge in [-0.2, -0.15) is 0 Å². The monoisotopic (exact) mass is 213 g/mol. The van der Waals surface area contributed by atoms with Crippen LogP contribution in [0.1, 0.15) is 0 Å². The van der Waals surface area contributed by atoms with E-state index in [0.717, 1.165) is 13.2 Å². The minimum absolute atomic E-state index is 0.634. The minimum Gasteiger partial charge on any atom is -0.382 e. The third kappa shape index (κ3) is 6.28. The molecule has 1 heterocycles. The lowest BCUT2D eigenvalue weighted by molar-refractivity contribution is 0.0230. The maximum Gasteiger partial charge on any atom is 0.0701 e. The molecule has 0 aliphatic rings. The Kier molecular flexibility index (Phi) is 6.90. The number of hydrogen-bond donors (Lipinski definition) is 0.